The molecular formula is C34H32N8O12. The number of amides is 4. The normalized spacial score (nSPS) is 10.1. The van der Waals surface area contributed by atoms with E-state index in [1.54, 1.807) is 24.3 Å². The molecule has 280 valence electrons. The number of nitrogens with zero attached hydrogens (tertiary/aromatic N) is 4. The molecule has 0 bridgehead atoms. The Morgan fingerprint density at radius 3 is 0.741 bits per heavy atom. The SMILES string of the molecule is O=C(CCCC(=O)Nc1ccccc1[N+](=O)[O-])Nc1ccccc1[N+](=O)[O-].O=C(CCCC(=O)Nc1ccccc1[N+](=O)[O-])Nc1ccccc1[N+](=O)[O-]. The number of carbonyl (C=O) groups is 4. The number of carbonyl (C=O) groups excluding carboxylic acids is 4. The van der Waals surface area contributed by atoms with Gasteiger partial charge in [0.25, 0.3) is 22.7 Å². The molecule has 0 aliphatic heterocycles. The van der Waals surface area contributed by atoms with Crippen molar-refractivity contribution in [1.82, 2.24) is 0 Å². The first-order chi connectivity index (χ1) is 25.8. The summed E-state index contributed by atoms with van der Waals surface area (Å²) in [4.78, 5) is 88.9. The lowest BCUT2D eigenvalue weighted by Crippen LogP contribution is -2.16. The van der Waals surface area contributed by atoms with Crippen molar-refractivity contribution in [2.24, 2.45) is 0 Å². The van der Waals surface area contributed by atoms with E-state index in [-0.39, 0.29) is 84.0 Å². The topological polar surface area (TPSA) is 289 Å². The Morgan fingerprint density at radius 2 is 0.556 bits per heavy atom. The van der Waals surface area contributed by atoms with Gasteiger partial charge >= 0.3 is 0 Å². The third-order valence-electron chi connectivity index (χ3n) is 7.11. The van der Waals surface area contributed by atoms with Gasteiger partial charge in [-0.2, -0.15) is 0 Å². The molecule has 4 rings (SSSR count). The molecule has 0 saturated heterocycles. The Bertz CT molecular complexity index is 1770. The van der Waals surface area contributed by atoms with E-state index in [0.29, 0.717) is 0 Å². The summed E-state index contributed by atoms with van der Waals surface area (Å²) in [5, 5.41) is 53.4. The summed E-state index contributed by atoms with van der Waals surface area (Å²) in [6, 6.07) is 22.9. The third-order valence-corrected chi connectivity index (χ3v) is 7.11. The van der Waals surface area contributed by atoms with E-state index in [0.717, 1.165) is 0 Å². The maximum absolute atomic E-state index is 11.9. The van der Waals surface area contributed by atoms with Crippen LogP contribution in [0.2, 0.25) is 0 Å². The van der Waals surface area contributed by atoms with Crippen molar-refractivity contribution < 1.29 is 38.9 Å². The van der Waals surface area contributed by atoms with Gasteiger partial charge in [-0.1, -0.05) is 48.5 Å². The molecule has 0 heterocycles. The predicted molar refractivity (Wildman–Crippen MR) is 195 cm³/mol. The van der Waals surface area contributed by atoms with Gasteiger partial charge in [0.05, 0.1) is 19.7 Å². The van der Waals surface area contributed by atoms with Gasteiger partial charge in [0.1, 0.15) is 22.7 Å². The Kier molecular flexibility index (Phi) is 15.3. The molecule has 0 radical (unpaired) electrons. The molecule has 0 spiro atoms. The third kappa shape index (κ3) is 12.9. The van der Waals surface area contributed by atoms with Crippen molar-refractivity contribution in [2.45, 2.75) is 38.5 Å². The Hall–Kier alpha value is -7.64. The number of para-hydroxylation sites is 8. The second-order valence-electron chi connectivity index (χ2n) is 11.0. The quantitative estimate of drug-likeness (QED) is 0.0706. The molecule has 4 N–H and O–H groups in total. The molecule has 0 aliphatic carbocycles. The van der Waals surface area contributed by atoms with Crippen molar-refractivity contribution in [3.63, 3.8) is 0 Å². The molecular weight excluding hydrogens is 712 g/mol. The zero-order chi connectivity index (χ0) is 39.6. The molecule has 4 aromatic carbocycles. The number of nitro groups is 4. The van der Waals surface area contributed by atoms with E-state index < -0.39 is 43.3 Å². The van der Waals surface area contributed by atoms with Gasteiger partial charge in [0.2, 0.25) is 23.6 Å². The van der Waals surface area contributed by atoms with Crippen LogP contribution in [0, 0.1) is 40.5 Å². The highest BCUT2D eigenvalue weighted by Crippen LogP contribution is 2.26. The van der Waals surface area contributed by atoms with Crippen LogP contribution in [0.3, 0.4) is 0 Å². The first kappa shape index (κ1) is 40.8. The minimum Gasteiger partial charge on any atom is -0.320 e. The highest BCUT2D eigenvalue weighted by atomic mass is 16.6. The molecule has 0 atom stereocenters. The summed E-state index contributed by atoms with van der Waals surface area (Å²) in [7, 11) is 0. The fraction of sp³-hybridized carbons (Fsp3) is 0.176. The average Bonchev–Trinajstić information content (AvgIpc) is 3.12. The standard InChI is InChI=1S/2C17H16N4O6/c2*22-16(18-12-6-1-3-8-14(12)20(24)25)10-5-11-17(23)19-13-7-2-4-9-15(13)21(26)27/h2*1-4,6-9H,5,10-11H2,(H,18,22)(H,19,23). The van der Waals surface area contributed by atoms with Crippen LogP contribution in [0.5, 0.6) is 0 Å². The van der Waals surface area contributed by atoms with Gasteiger partial charge in [-0.15, -0.1) is 0 Å². The zero-order valence-electron chi connectivity index (χ0n) is 28.2. The van der Waals surface area contributed by atoms with Crippen molar-refractivity contribution in [1.29, 1.82) is 0 Å². The molecule has 0 aromatic heterocycles. The van der Waals surface area contributed by atoms with Crippen LogP contribution in [-0.4, -0.2) is 43.3 Å². The van der Waals surface area contributed by atoms with Gasteiger partial charge in [0, 0.05) is 49.9 Å². The lowest BCUT2D eigenvalue weighted by Gasteiger charge is -2.07. The number of rotatable bonds is 16. The monoisotopic (exact) mass is 744 g/mol. The second-order valence-corrected chi connectivity index (χ2v) is 11.0. The van der Waals surface area contributed by atoms with Gasteiger partial charge in [-0.25, -0.2) is 0 Å². The van der Waals surface area contributed by atoms with Crippen molar-refractivity contribution >= 4 is 69.1 Å². The summed E-state index contributed by atoms with van der Waals surface area (Å²) in [6.45, 7) is 0. The number of anilines is 4. The highest BCUT2D eigenvalue weighted by Gasteiger charge is 2.18. The number of nitrogens with one attached hydrogen (secondary N) is 4. The fourth-order valence-corrected chi connectivity index (χ4v) is 4.62. The number of hydrogen-bond acceptors (Lipinski definition) is 12. The van der Waals surface area contributed by atoms with Crippen LogP contribution >= 0.6 is 0 Å². The van der Waals surface area contributed by atoms with Crippen LogP contribution in [0.4, 0.5) is 45.5 Å². The maximum atomic E-state index is 11.9. The fourth-order valence-electron chi connectivity index (χ4n) is 4.62. The number of hydrogen-bond donors (Lipinski definition) is 4. The summed E-state index contributed by atoms with van der Waals surface area (Å²) in [5.41, 5.74) is -0.567. The highest BCUT2D eigenvalue weighted by molar-refractivity contribution is 5.96. The molecule has 4 amide bonds. The van der Waals surface area contributed by atoms with Crippen LogP contribution in [0.25, 0.3) is 0 Å². The summed E-state index contributed by atoms with van der Waals surface area (Å²) in [5.74, 6) is -1.88. The van der Waals surface area contributed by atoms with Crippen molar-refractivity contribution in [3.8, 4) is 0 Å². The summed E-state index contributed by atoms with van der Waals surface area (Å²) < 4.78 is 0. The van der Waals surface area contributed by atoms with Gasteiger partial charge in [-0.05, 0) is 37.1 Å². The zero-order valence-corrected chi connectivity index (χ0v) is 28.2. The van der Waals surface area contributed by atoms with E-state index >= 15 is 0 Å². The molecule has 0 aliphatic rings. The van der Waals surface area contributed by atoms with Crippen LogP contribution in [0.1, 0.15) is 38.5 Å². The van der Waals surface area contributed by atoms with E-state index in [1.165, 1.54) is 72.8 Å². The van der Waals surface area contributed by atoms with Gasteiger partial charge in [-0.3, -0.25) is 59.6 Å². The molecule has 54 heavy (non-hydrogen) atoms. The maximum Gasteiger partial charge on any atom is 0.292 e. The minimum atomic E-state index is -0.601. The van der Waals surface area contributed by atoms with Crippen molar-refractivity contribution in [2.75, 3.05) is 21.3 Å². The number of benzene rings is 4. The van der Waals surface area contributed by atoms with Crippen LogP contribution < -0.4 is 21.3 Å². The van der Waals surface area contributed by atoms with Crippen LogP contribution in [-0.2, 0) is 19.2 Å². The van der Waals surface area contributed by atoms with Gasteiger partial charge in [0.15, 0.2) is 0 Å². The van der Waals surface area contributed by atoms with E-state index in [2.05, 4.69) is 21.3 Å². The van der Waals surface area contributed by atoms with E-state index in [9.17, 15) is 59.6 Å². The van der Waals surface area contributed by atoms with Crippen LogP contribution in [0.15, 0.2) is 97.1 Å². The first-order valence-corrected chi connectivity index (χ1v) is 15.9. The van der Waals surface area contributed by atoms with Crippen molar-refractivity contribution in [3.05, 3.63) is 138 Å². The van der Waals surface area contributed by atoms with Gasteiger partial charge < -0.3 is 21.3 Å². The minimum absolute atomic E-state index is 0.0314. The predicted octanol–water partition coefficient (Wildman–Crippen LogP) is 6.50. The summed E-state index contributed by atoms with van der Waals surface area (Å²) in [6.07, 6.45) is 0.233. The molecule has 4 aromatic rings. The summed E-state index contributed by atoms with van der Waals surface area (Å²) >= 11 is 0. The lowest BCUT2D eigenvalue weighted by atomic mass is 10.2. The molecule has 0 unspecified atom stereocenters. The second kappa shape index (κ2) is 20.3. The average molecular weight is 745 g/mol. The first-order valence-electron chi connectivity index (χ1n) is 15.9. The molecule has 0 fully saturated rings. The Morgan fingerprint density at radius 1 is 0.370 bits per heavy atom. The van der Waals surface area contributed by atoms with E-state index in [4.69, 9.17) is 0 Å². The molecule has 20 heteroatoms. The Labute approximate surface area is 305 Å². The largest absolute Gasteiger partial charge is 0.320 e. The number of nitro benzene ring substituents is 4. The molecule has 0 saturated carbocycles. The Balaban J connectivity index is 0.000000290. The molecule has 20 nitrogen and oxygen atoms in total. The van der Waals surface area contributed by atoms with E-state index in [1.807, 2.05) is 0 Å². The smallest absolute Gasteiger partial charge is 0.292 e. The lowest BCUT2D eigenvalue weighted by molar-refractivity contribution is -0.384.